The van der Waals surface area contributed by atoms with Gasteiger partial charge >= 0.3 is 0 Å². The van der Waals surface area contributed by atoms with Gasteiger partial charge in [0.05, 0.1) is 7.11 Å². The summed E-state index contributed by atoms with van der Waals surface area (Å²) >= 11 is 5.54. The second-order valence-electron chi connectivity index (χ2n) is 4.16. The van der Waals surface area contributed by atoms with Gasteiger partial charge in [-0.2, -0.15) is 11.8 Å². The van der Waals surface area contributed by atoms with E-state index >= 15 is 0 Å². The molecule has 0 saturated heterocycles. The number of halogens is 1. The Kier molecular flexibility index (Phi) is 3.82. The van der Waals surface area contributed by atoms with Gasteiger partial charge in [-0.15, -0.1) is 0 Å². The van der Waals surface area contributed by atoms with Gasteiger partial charge in [0.2, 0.25) is 0 Å². The molecule has 2 unspecified atom stereocenters. The first-order chi connectivity index (χ1) is 7.65. The molecule has 0 aliphatic carbocycles. The Morgan fingerprint density at radius 3 is 2.94 bits per heavy atom. The fraction of sp³-hybridized carbons (Fsp3) is 0.500. The maximum Gasteiger partial charge on any atom is 0.124 e. The van der Waals surface area contributed by atoms with Crippen LogP contribution in [0, 0.1) is 5.92 Å². The van der Waals surface area contributed by atoms with E-state index in [9.17, 15) is 0 Å². The molecule has 0 spiro atoms. The summed E-state index contributed by atoms with van der Waals surface area (Å²) in [6.07, 6.45) is 0. The van der Waals surface area contributed by atoms with Crippen LogP contribution in [0.3, 0.4) is 0 Å². The average Bonchev–Trinajstić information content (AvgIpc) is 2.42. The highest BCUT2D eigenvalue weighted by molar-refractivity contribution is 9.10. The van der Waals surface area contributed by atoms with E-state index < -0.39 is 0 Å². The van der Waals surface area contributed by atoms with Crippen molar-refractivity contribution in [3.63, 3.8) is 0 Å². The van der Waals surface area contributed by atoms with Crippen molar-refractivity contribution in [2.45, 2.75) is 18.7 Å². The Hall–Kier alpha value is -0.190. The van der Waals surface area contributed by atoms with E-state index in [1.165, 1.54) is 11.1 Å². The molecule has 2 nitrogen and oxygen atoms in total. The Bertz CT molecular complexity index is 397. The molecule has 0 fully saturated rings. The van der Waals surface area contributed by atoms with Crippen molar-refractivity contribution in [3.8, 4) is 5.75 Å². The lowest BCUT2D eigenvalue weighted by Crippen LogP contribution is -2.21. The summed E-state index contributed by atoms with van der Waals surface area (Å²) in [7, 11) is 1.71. The van der Waals surface area contributed by atoms with Gasteiger partial charge in [0.15, 0.2) is 0 Å². The topological polar surface area (TPSA) is 35.2 Å². The largest absolute Gasteiger partial charge is 0.496 e. The molecule has 1 aliphatic heterocycles. The number of fused-ring (bicyclic) bond motifs is 1. The van der Waals surface area contributed by atoms with Crippen LogP contribution in [0.25, 0.3) is 0 Å². The number of thioether (sulfide) groups is 1. The molecule has 0 saturated carbocycles. The Labute approximate surface area is 109 Å². The summed E-state index contributed by atoms with van der Waals surface area (Å²) in [5, 5.41) is 0. The van der Waals surface area contributed by atoms with Gasteiger partial charge in [-0.3, -0.25) is 0 Å². The first-order valence-electron chi connectivity index (χ1n) is 5.33. The maximum absolute atomic E-state index is 6.32. The zero-order valence-corrected chi connectivity index (χ0v) is 11.9. The number of benzene rings is 1. The van der Waals surface area contributed by atoms with Gasteiger partial charge < -0.3 is 10.5 Å². The smallest absolute Gasteiger partial charge is 0.124 e. The van der Waals surface area contributed by atoms with E-state index in [2.05, 4.69) is 22.9 Å². The fourth-order valence-electron chi connectivity index (χ4n) is 2.04. The summed E-state index contributed by atoms with van der Waals surface area (Å²) in [5.41, 5.74) is 8.79. The highest BCUT2D eigenvalue weighted by Crippen LogP contribution is 2.41. The molecule has 1 aromatic rings. The van der Waals surface area contributed by atoms with Crippen LogP contribution < -0.4 is 10.5 Å². The molecule has 2 N–H and O–H groups in total. The van der Waals surface area contributed by atoms with Gasteiger partial charge in [0, 0.05) is 21.8 Å². The average molecular weight is 302 g/mol. The number of hydrogen-bond acceptors (Lipinski definition) is 3. The van der Waals surface area contributed by atoms with E-state index in [4.69, 9.17) is 10.5 Å². The minimum atomic E-state index is 0.0671. The Balaban J connectivity index is 2.58. The minimum absolute atomic E-state index is 0.0671. The lowest BCUT2D eigenvalue weighted by Gasteiger charge is -2.21. The molecular weight excluding hydrogens is 286 g/mol. The summed E-state index contributed by atoms with van der Waals surface area (Å²) in [4.78, 5) is 0. The van der Waals surface area contributed by atoms with Crippen LogP contribution >= 0.6 is 27.7 Å². The summed E-state index contributed by atoms with van der Waals surface area (Å²) in [6, 6.07) is 4.10. The molecule has 0 bridgehead atoms. The SMILES string of the molecule is COc1ccc(Br)c2c1C(N)C(C)CSC2. The molecule has 88 valence electrons. The molecule has 0 aromatic heterocycles. The van der Waals surface area contributed by atoms with Gasteiger partial charge in [-0.25, -0.2) is 0 Å². The highest BCUT2D eigenvalue weighted by atomic mass is 79.9. The molecule has 0 radical (unpaired) electrons. The summed E-state index contributed by atoms with van der Waals surface area (Å²) < 4.78 is 6.57. The predicted molar refractivity (Wildman–Crippen MR) is 72.9 cm³/mol. The summed E-state index contributed by atoms with van der Waals surface area (Å²) in [6.45, 7) is 2.20. The lowest BCUT2D eigenvalue weighted by atomic mass is 9.92. The monoisotopic (exact) mass is 301 g/mol. The number of rotatable bonds is 1. The van der Waals surface area contributed by atoms with E-state index in [0.29, 0.717) is 5.92 Å². The third-order valence-electron chi connectivity index (χ3n) is 3.05. The molecule has 1 heterocycles. The molecular formula is C12H16BrNOS. The first kappa shape index (κ1) is 12.3. The Morgan fingerprint density at radius 2 is 2.25 bits per heavy atom. The van der Waals surface area contributed by atoms with Gasteiger partial charge in [0.25, 0.3) is 0 Å². The predicted octanol–water partition coefficient (Wildman–Crippen LogP) is 3.34. The fourth-order valence-corrected chi connectivity index (χ4v) is 3.93. The van der Waals surface area contributed by atoms with Crippen molar-refractivity contribution in [3.05, 3.63) is 27.7 Å². The molecule has 2 rings (SSSR count). The van der Waals surface area contributed by atoms with Crippen LogP contribution in [0.2, 0.25) is 0 Å². The third-order valence-corrected chi connectivity index (χ3v) is 5.05. The maximum atomic E-state index is 6.32. The highest BCUT2D eigenvalue weighted by Gasteiger charge is 2.26. The second-order valence-corrected chi connectivity index (χ2v) is 6.04. The van der Waals surface area contributed by atoms with Gasteiger partial charge in [-0.1, -0.05) is 22.9 Å². The van der Waals surface area contributed by atoms with E-state index in [-0.39, 0.29) is 6.04 Å². The molecule has 0 amide bonds. The number of methoxy groups -OCH3 is 1. The van der Waals surface area contributed by atoms with Crippen LogP contribution in [0.5, 0.6) is 5.75 Å². The van der Waals surface area contributed by atoms with Gasteiger partial charge in [-0.05, 0) is 29.4 Å². The van der Waals surface area contributed by atoms with Crippen LogP contribution in [0.15, 0.2) is 16.6 Å². The lowest BCUT2D eigenvalue weighted by molar-refractivity contribution is 0.396. The zero-order valence-electron chi connectivity index (χ0n) is 9.50. The quantitative estimate of drug-likeness (QED) is 0.864. The van der Waals surface area contributed by atoms with Crippen molar-refractivity contribution in [2.75, 3.05) is 12.9 Å². The molecule has 2 atom stereocenters. The van der Waals surface area contributed by atoms with E-state index in [0.717, 1.165) is 21.7 Å². The summed E-state index contributed by atoms with van der Waals surface area (Å²) in [5.74, 6) is 3.51. The van der Waals surface area contributed by atoms with E-state index in [1.807, 2.05) is 23.9 Å². The first-order valence-corrected chi connectivity index (χ1v) is 7.28. The van der Waals surface area contributed by atoms with Crippen LogP contribution in [0.1, 0.15) is 24.1 Å². The van der Waals surface area contributed by atoms with E-state index in [1.54, 1.807) is 7.11 Å². The molecule has 16 heavy (non-hydrogen) atoms. The third kappa shape index (κ3) is 2.11. The molecule has 1 aromatic carbocycles. The van der Waals surface area contributed by atoms with Crippen molar-refractivity contribution in [1.29, 1.82) is 0 Å². The standard InChI is InChI=1S/C12H16BrNOS/c1-7-5-16-6-8-9(13)3-4-10(15-2)11(8)12(7)14/h3-4,7,12H,5-6,14H2,1-2H3. The van der Waals surface area contributed by atoms with Crippen molar-refractivity contribution >= 4 is 27.7 Å². The normalized spacial score (nSPS) is 24.8. The van der Waals surface area contributed by atoms with Crippen LogP contribution in [0.4, 0.5) is 0 Å². The molecule has 4 heteroatoms. The molecule has 1 aliphatic rings. The zero-order chi connectivity index (χ0) is 11.7. The minimum Gasteiger partial charge on any atom is -0.496 e. The van der Waals surface area contributed by atoms with Crippen LogP contribution in [-0.2, 0) is 5.75 Å². The van der Waals surface area contributed by atoms with Crippen LogP contribution in [-0.4, -0.2) is 12.9 Å². The Morgan fingerprint density at radius 1 is 1.50 bits per heavy atom. The van der Waals surface area contributed by atoms with Gasteiger partial charge in [0.1, 0.15) is 5.75 Å². The van der Waals surface area contributed by atoms with Crippen molar-refractivity contribution in [1.82, 2.24) is 0 Å². The number of hydrogen-bond donors (Lipinski definition) is 1. The van der Waals surface area contributed by atoms with Crippen molar-refractivity contribution < 1.29 is 4.74 Å². The number of nitrogens with two attached hydrogens (primary N) is 1. The second kappa shape index (κ2) is 4.98. The van der Waals surface area contributed by atoms with Crippen molar-refractivity contribution in [2.24, 2.45) is 11.7 Å². The number of ether oxygens (including phenoxy) is 1.